The second-order valence-electron chi connectivity index (χ2n) is 3.62. The number of benzene rings is 1. The summed E-state index contributed by atoms with van der Waals surface area (Å²) < 4.78 is 10.3. The number of pyridine rings is 1. The van der Waals surface area contributed by atoms with Crippen molar-refractivity contribution in [1.29, 1.82) is 5.26 Å². The van der Waals surface area contributed by atoms with E-state index in [0.29, 0.717) is 17.2 Å². The summed E-state index contributed by atoms with van der Waals surface area (Å²) in [4.78, 5) is 4.15. The number of hydrogen-bond acceptors (Lipinski definition) is 4. The quantitative estimate of drug-likeness (QED) is 0.827. The van der Waals surface area contributed by atoms with Crippen LogP contribution in [0.15, 0.2) is 36.5 Å². The van der Waals surface area contributed by atoms with Gasteiger partial charge in [-0.1, -0.05) is 0 Å². The highest BCUT2D eigenvalue weighted by Crippen LogP contribution is 2.30. The van der Waals surface area contributed by atoms with Crippen molar-refractivity contribution in [2.75, 3.05) is 14.2 Å². The van der Waals surface area contributed by atoms with Gasteiger partial charge in [0.15, 0.2) is 0 Å². The van der Waals surface area contributed by atoms with Crippen LogP contribution in [0.3, 0.4) is 0 Å². The predicted octanol–water partition coefficient (Wildman–Crippen LogP) is 2.64. The molecule has 4 heteroatoms. The Morgan fingerprint density at radius 1 is 1.11 bits per heavy atom. The first-order valence-corrected chi connectivity index (χ1v) is 5.37. The Hall–Kier alpha value is -2.54. The molecule has 1 aromatic heterocycles. The van der Waals surface area contributed by atoms with Crippen molar-refractivity contribution in [3.05, 3.63) is 42.1 Å². The molecule has 1 heterocycles. The molecule has 0 spiro atoms. The van der Waals surface area contributed by atoms with E-state index in [4.69, 9.17) is 14.7 Å². The van der Waals surface area contributed by atoms with Gasteiger partial charge in [-0.25, -0.2) is 4.98 Å². The average Bonchev–Trinajstić information content (AvgIpc) is 2.46. The van der Waals surface area contributed by atoms with Gasteiger partial charge in [-0.15, -0.1) is 0 Å². The van der Waals surface area contributed by atoms with Crippen molar-refractivity contribution in [1.82, 2.24) is 4.98 Å². The molecule has 4 nitrogen and oxygen atoms in total. The molecule has 0 aliphatic carbocycles. The lowest BCUT2D eigenvalue weighted by Gasteiger charge is -2.09. The van der Waals surface area contributed by atoms with E-state index < -0.39 is 0 Å². The van der Waals surface area contributed by atoms with Gasteiger partial charge in [0.25, 0.3) is 0 Å². The van der Waals surface area contributed by atoms with Crippen LogP contribution in [0.25, 0.3) is 11.1 Å². The molecule has 2 aromatic rings. The maximum atomic E-state index is 8.85. The summed E-state index contributed by atoms with van der Waals surface area (Å²) in [6.07, 6.45) is 1.71. The van der Waals surface area contributed by atoms with Crippen LogP contribution < -0.4 is 9.47 Å². The number of rotatable bonds is 3. The van der Waals surface area contributed by atoms with Gasteiger partial charge in [0.05, 0.1) is 25.9 Å². The summed E-state index contributed by atoms with van der Waals surface area (Å²) in [5.41, 5.74) is 2.38. The topological polar surface area (TPSA) is 55.1 Å². The van der Waals surface area contributed by atoms with Crippen LogP contribution in [-0.4, -0.2) is 19.2 Å². The van der Waals surface area contributed by atoms with Crippen molar-refractivity contribution in [3.63, 3.8) is 0 Å². The fourth-order valence-electron chi connectivity index (χ4n) is 1.66. The van der Waals surface area contributed by atoms with Crippen LogP contribution in [0.2, 0.25) is 0 Å². The van der Waals surface area contributed by atoms with E-state index >= 15 is 0 Å². The van der Waals surface area contributed by atoms with Gasteiger partial charge in [-0.05, 0) is 24.3 Å². The van der Waals surface area contributed by atoms with Gasteiger partial charge in [0, 0.05) is 23.4 Å². The monoisotopic (exact) mass is 240 g/mol. The molecule has 0 bridgehead atoms. The standard InChI is InChI=1S/C14H12N2O2/c1-17-13-7-10(8-15)3-5-12(13)11-4-6-14(18-2)16-9-11/h3-7,9H,1-2H3. The maximum absolute atomic E-state index is 8.85. The normalized spacial score (nSPS) is 9.61. The Labute approximate surface area is 105 Å². The minimum absolute atomic E-state index is 0.561. The lowest BCUT2D eigenvalue weighted by molar-refractivity contribution is 0.398. The Kier molecular flexibility index (Phi) is 3.44. The molecule has 0 radical (unpaired) electrons. The van der Waals surface area contributed by atoms with Crippen molar-refractivity contribution < 1.29 is 9.47 Å². The van der Waals surface area contributed by atoms with Crippen LogP contribution in [0, 0.1) is 11.3 Å². The fourth-order valence-corrected chi connectivity index (χ4v) is 1.66. The van der Waals surface area contributed by atoms with Crippen molar-refractivity contribution in [2.45, 2.75) is 0 Å². The zero-order valence-electron chi connectivity index (χ0n) is 10.2. The van der Waals surface area contributed by atoms with E-state index in [1.807, 2.05) is 12.1 Å². The Bertz CT molecular complexity index is 586. The maximum Gasteiger partial charge on any atom is 0.212 e. The molecule has 90 valence electrons. The van der Waals surface area contributed by atoms with Gasteiger partial charge < -0.3 is 9.47 Å². The SMILES string of the molecule is COc1ccc(-c2ccc(C#N)cc2OC)cn1. The van der Waals surface area contributed by atoms with E-state index in [1.165, 1.54) is 0 Å². The first-order valence-electron chi connectivity index (χ1n) is 5.37. The van der Waals surface area contributed by atoms with Crippen LogP contribution >= 0.6 is 0 Å². The van der Waals surface area contributed by atoms with Gasteiger partial charge in [-0.2, -0.15) is 5.26 Å². The van der Waals surface area contributed by atoms with Gasteiger partial charge in [-0.3, -0.25) is 0 Å². The third-order valence-electron chi connectivity index (χ3n) is 2.59. The average molecular weight is 240 g/mol. The highest BCUT2D eigenvalue weighted by atomic mass is 16.5. The minimum Gasteiger partial charge on any atom is -0.496 e. The number of hydrogen-bond donors (Lipinski definition) is 0. The van der Waals surface area contributed by atoms with Crippen molar-refractivity contribution in [3.8, 4) is 28.8 Å². The number of methoxy groups -OCH3 is 2. The van der Waals surface area contributed by atoms with Crippen molar-refractivity contribution in [2.24, 2.45) is 0 Å². The number of nitrogens with zero attached hydrogens (tertiary/aromatic N) is 2. The molecule has 1 aromatic carbocycles. The smallest absolute Gasteiger partial charge is 0.212 e. The number of ether oxygens (including phenoxy) is 2. The molecule has 2 rings (SSSR count). The predicted molar refractivity (Wildman–Crippen MR) is 67.5 cm³/mol. The number of nitriles is 1. The summed E-state index contributed by atoms with van der Waals surface area (Å²) in [6, 6.07) is 11.1. The van der Waals surface area contributed by atoms with Gasteiger partial charge in [0.2, 0.25) is 5.88 Å². The summed E-state index contributed by atoms with van der Waals surface area (Å²) in [7, 11) is 3.15. The van der Waals surface area contributed by atoms with Gasteiger partial charge >= 0.3 is 0 Å². The van der Waals surface area contributed by atoms with E-state index in [9.17, 15) is 0 Å². The zero-order valence-corrected chi connectivity index (χ0v) is 10.2. The molecule has 0 aliphatic heterocycles. The third-order valence-corrected chi connectivity index (χ3v) is 2.59. The molecule has 0 atom stereocenters. The zero-order chi connectivity index (χ0) is 13.0. The van der Waals surface area contributed by atoms with E-state index in [1.54, 1.807) is 38.6 Å². The lowest BCUT2D eigenvalue weighted by Crippen LogP contribution is -1.91. The largest absolute Gasteiger partial charge is 0.496 e. The molecule has 0 fully saturated rings. The summed E-state index contributed by atoms with van der Waals surface area (Å²) >= 11 is 0. The van der Waals surface area contributed by atoms with Crippen molar-refractivity contribution >= 4 is 0 Å². The van der Waals surface area contributed by atoms with Crippen LogP contribution in [0.5, 0.6) is 11.6 Å². The Morgan fingerprint density at radius 3 is 2.50 bits per heavy atom. The third kappa shape index (κ3) is 2.25. The molecule has 0 saturated heterocycles. The second kappa shape index (κ2) is 5.19. The highest BCUT2D eigenvalue weighted by molar-refractivity contribution is 5.71. The summed E-state index contributed by atoms with van der Waals surface area (Å²) in [6.45, 7) is 0. The van der Waals surface area contributed by atoms with Crippen LogP contribution in [0.4, 0.5) is 0 Å². The molecular formula is C14H12N2O2. The first-order chi connectivity index (χ1) is 8.78. The molecule has 0 unspecified atom stereocenters. The van der Waals surface area contributed by atoms with Crippen LogP contribution in [-0.2, 0) is 0 Å². The summed E-state index contributed by atoms with van der Waals surface area (Å²) in [5, 5.41) is 8.85. The van der Waals surface area contributed by atoms with E-state index in [2.05, 4.69) is 11.1 Å². The molecule has 18 heavy (non-hydrogen) atoms. The first kappa shape index (κ1) is 11.9. The fraction of sp³-hybridized carbons (Fsp3) is 0.143. The molecular weight excluding hydrogens is 228 g/mol. The molecule has 0 aliphatic rings. The highest BCUT2D eigenvalue weighted by Gasteiger charge is 2.07. The molecule has 0 amide bonds. The second-order valence-corrected chi connectivity index (χ2v) is 3.62. The summed E-state index contributed by atoms with van der Waals surface area (Å²) in [5.74, 6) is 1.22. The molecule has 0 N–H and O–H groups in total. The number of aromatic nitrogens is 1. The Balaban J connectivity index is 2.46. The Morgan fingerprint density at radius 2 is 1.94 bits per heavy atom. The van der Waals surface area contributed by atoms with E-state index in [-0.39, 0.29) is 0 Å². The minimum atomic E-state index is 0.561. The van der Waals surface area contributed by atoms with Gasteiger partial charge in [0.1, 0.15) is 5.75 Å². The lowest BCUT2D eigenvalue weighted by atomic mass is 10.0. The van der Waals surface area contributed by atoms with Crippen LogP contribution in [0.1, 0.15) is 5.56 Å². The molecule has 0 saturated carbocycles. The van der Waals surface area contributed by atoms with E-state index in [0.717, 1.165) is 11.1 Å².